The van der Waals surface area contributed by atoms with E-state index in [1.807, 2.05) is 48.7 Å². The number of halogens is 2. The topological polar surface area (TPSA) is 76.5 Å². The summed E-state index contributed by atoms with van der Waals surface area (Å²) in [4.78, 5) is 26.3. The molecule has 1 saturated heterocycles. The highest BCUT2D eigenvalue weighted by Crippen LogP contribution is 2.36. The molecule has 3 heterocycles. The number of nitrogens with zero attached hydrogens (tertiary/aromatic N) is 3. The highest BCUT2D eigenvalue weighted by atomic mass is 79.9. The second-order valence-electron chi connectivity index (χ2n) is 9.08. The minimum atomic E-state index is -0.630. The zero-order chi connectivity index (χ0) is 25.5. The Morgan fingerprint density at radius 3 is 2.62 bits per heavy atom. The number of anilines is 1. The van der Waals surface area contributed by atoms with Crippen LogP contribution in [0.3, 0.4) is 0 Å². The van der Waals surface area contributed by atoms with E-state index in [1.54, 1.807) is 21.7 Å². The molecule has 7 nitrogen and oxygen atoms in total. The SMILES string of the molecule is O=C1Cc2cc(CCN3C(=O)COC3c3cn(-c4ccc(Br)cc4)nc3-c3ccc(F)cc3)ccc2N1. The van der Waals surface area contributed by atoms with E-state index in [2.05, 4.69) is 21.2 Å². The number of amides is 2. The van der Waals surface area contributed by atoms with Crippen molar-refractivity contribution in [3.05, 3.63) is 99.9 Å². The van der Waals surface area contributed by atoms with Crippen LogP contribution in [-0.4, -0.2) is 39.6 Å². The van der Waals surface area contributed by atoms with Crippen LogP contribution in [0.1, 0.15) is 22.9 Å². The lowest BCUT2D eigenvalue weighted by Crippen LogP contribution is -2.30. The molecule has 1 fully saturated rings. The lowest BCUT2D eigenvalue weighted by atomic mass is 10.0. The summed E-state index contributed by atoms with van der Waals surface area (Å²) in [5, 5.41) is 7.64. The van der Waals surface area contributed by atoms with Crippen molar-refractivity contribution in [2.45, 2.75) is 19.1 Å². The average molecular weight is 561 g/mol. The van der Waals surface area contributed by atoms with E-state index in [1.165, 1.54) is 12.1 Å². The number of nitrogens with one attached hydrogen (secondary N) is 1. The molecule has 9 heteroatoms. The molecule has 3 aromatic carbocycles. The molecule has 2 amide bonds. The van der Waals surface area contributed by atoms with Gasteiger partial charge in [0.15, 0.2) is 6.23 Å². The minimum absolute atomic E-state index is 0.00792. The largest absolute Gasteiger partial charge is 0.344 e. The van der Waals surface area contributed by atoms with Crippen LogP contribution < -0.4 is 5.32 Å². The smallest absolute Gasteiger partial charge is 0.250 e. The van der Waals surface area contributed by atoms with Gasteiger partial charge < -0.3 is 15.0 Å². The van der Waals surface area contributed by atoms with Gasteiger partial charge in [0.2, 0.25) is 5.91 Å². The molecular weight excluding hydrogens is 539 g/mol. The molecule has 0 saturated carbocycles. The standard InChI is InChI=1S/C28H22BrFN4O3/c29-20-4-8-22(9-5-20)34-15-23(27(32-34)18-2-6-21(30)7-3-18)28-33(26(36)16-37-28)12-11-17-1-10-24-19(13-17)14-25(35)31-24/h1-10,13,15,28H,11-12,14,16H2,(H,31,35). The maximum Gasteiger partial charge on any atom is 0.250 e. The van der Waals surface area contributed by atoms with E-state index in [-0.39, 0.29) is 24.2 Å². The van der Waals surface area contributed by atoms with Crippen LogP contribution in [0.2, 0.25) is 0 Å². The number of benzene rings is 3. The van der Waals surface area contributed by atoms with Gasteiger partial charge in [-0.3, -0.25) is 9.59 Å². The van der Waals surface area contributed by atoms with Gasteiger partial charge in [0.1, 0.15) is 18.1 Å². The summed E-state index contributed by atoms with van der Waals surface area (Å²) >= 11 is 3.46. The maximum atomic E-state index is 13.7. The van der Waals surface area contributed by atoms with Crippen molar-refractivity contribution in [1.29, 1.82) is 0 Å². The molecule has 0 bridgehead atoms. The third-order valence-electron chi connectivity index (χ3n) is 6.62. The van der Waals surface area contributed by atoms with Crippen molar-refractivity contribution in [3.63, 3.8) is 0 Å². The summed E-state index contributed by atoms with van der Waals surface area (Å²) < 4.78 is 22.3. The predicted octanol–water partition coefficient (Wildman–Crippen LogP) is 5.04. The Labute approximate surface area is 221 Å². The van der Waals surface area contributed by atoms with Gasteiger partial charge in [0, 0.05) is 34.0 Å². The molecule has 186 valence electrons. The summed E-state index contributed by atoms with van der Waals surface area (Å²) in [6, 6.07) is 19.7. The number of carbonyl (C=O) groups excluding carboxylic acids is 2. The first-order valence-electron chi connectivity index (χ1n) is 11.9. The monoisotopic (exact) mass is 560 g/mol. The van der Waals surface area contributed by atoms with Gasteiger partial charge in [0.05, 0.1) is 12.1 Å². The van der Waals surface area contributed by atoms with Crippen molar-refractivity contribution < 1.29 is 18.7 Å². The average Bonchev–Trinajstić information content (AvgIpc) is 3.59. The molecular formula is C28H22BrFN4O3. The van der Waals surface area contributed by atoms with Crippen LogP contribution in [-0.2, 0) is 27.2 Å². The normalized spacial score (nSPS) is 16.8. The number of carbonyl (C=O) groups is 2. The van der Waals surface area contributed by atoms with Crippen LogP contribution >= 0.6 is 15.9 Å². The van der Waals surface area contributed by atoms with E-state index >= 15 is 0 Å². The lowest BCUT2D eigenvalue weighted by molar-refractivity contribution is -0.128. The van der Waals surface area contributed by atoms with Gasteiger partial charge in [-0.2, -0.15) is 5.10 Å². The fourth-order valence-corrected chi connectivity index (χ4v) is 5.03. The molecule has 0 aliphatic carbocycles. The summed E-state index contributed by atoms with van der Waals surface area (Å²) in [6.07, 6.45) is 2.22. The van der Waals surface area contributed by atoms with Gasteiger partial charge in [-0.05, 0) is 72.1 Å². The molecule has 37 heavy (non-hydrogen) atoms. The predicted molar refractivity (Wildman–Crippen MR) is 140 cm³/mol. The van der Waals surface area contributed by atoms with Crippen molar-refractivity contribution in [3.8, 4) is 16.9 Å². The minimum Gasteiger partial charge on any atom is -0.344 e. The zero-order valence-corrected chi connectivity index (χ0v) is 21.2. The van der Waals surface area contributed by atoms with Crippen LogP contribution in [0.25, 0.3) is 16.9 Å². The van der Waals surface area contributed by atoms with Crippen molar-refractivity contribution in [2.24, 2.45) is 0 Å². The van der Waals surface area contributed by atoms with Crippen molar-refractivity contribution >= 4 is 33.4 Å². The summed E-state index contributed by atoms with van der Waals surface area (Å²) in [5.74, 6) is -0.450. The molecule has 1 aromatic heterocycles. The fraction of sp³-hybridized carbons (Fsp3) is 0.179. The van der Waals surface area contributed by atoms with Gasteiger partial charge in [-0.1, -0.05) is 28.1 Å². The second kappa shape index (κ2) is 9.57. The number of aromatic nitrogens is 2. The molecule has 1 unspecified atom stereocenters. The Morgan fingerprint density at radius 2 is 1.84 bits per heavy atom. The van der Waals surface area contributed by atoms with E-state index in [9.17, 15) is 14.0 Å². The Hall–Kier alpha value is -3.82. The molecule has 2 aliphatic heterocycles. The van der Waals surface area contributed by atoms with Gasteiger partial charge in [-0.25, -0.2) is 9.07 Å². The lowest BCUT2D eigenvalue weighted by Gasteiger charge is -2.23. The van der Waals surface area contributed by atoms with Crippen LogP contribution in [0.5, 0.6) is 0 Å². The first-order chi connectivity index (χ1) is 17.9. The number of ether oxygens (including phenoxy) is 1. The molecule has 0 spiro atoms. The zero-order valence-electron chi connectivity index (χ0n) is 19.7. The number of hydrogen-bond acceptors (Lipinski definition) is 4. The summed E-state index contributed by atoms with van der Waals surface area (Å²) in [5.41, 5.74) is 5.77. The van der Waals surface area contributed by atoms with Gasteiger partial charge >= 0.3 is 0 Å². The van der Waals surface area contributed by atoms with Crippen LogP contribution in [0, 0.1) is 5.82 Å². The highest BCUT2D eigenvalue weighted by molar-refractivity contribution is 9.10. The molecule has 0 radical (unpaired) electrons. The van der Waals surface area contributed by atoms with E-state index < -0.39 is 6.23 Å². The molecule has 4 aromatic rings. The van der Waals surface area contributed by atoms with Crippen molar-refractivity contribution in [1.82, 2.24) is 14.7 Å². The molecule has 2 aliphatic rings. The maximum absolute atomic E-state index is 13.7. The Bertz CT molecular complexity index is 1500. The third kappa shape index (κ3) is 4.68. The molecule has 1 N–H and O–H groups in total. The van der Waals surface area contributed by atoms with Crippen LogP contribution in [0.4, 0.5) is 10.1 Å². The van der Waals surface area contributed by atoms with Crippen LogP contribution in [0.15, 0.2) is 77.4 Å². The van der Waals surface area contributed by atoms with Gasteiger partial charge in [0.25, 0.3) is 5.91 Å². The summed E-state index contributed by atoms with van der Waals surface area (Å²) in [6.45, 7) is 0.412. The van der Waals surface area contributed by atoms with E-state index in [4.69, 9.17) is 9.84 Å². The number of hydrogen-bond donors (Lipinski definition) is 1. The third-order valence-corrected chi connectivity index (χ3v) is 7.15. The quantitative estimate of drug-likeness (QED) is 0.358. The fourth-order valence-electron chi connectivity index (χ4n) is 4.77. The number of rotatable bonds is 6. The highest BCUT2D eigenvalue weighted by Gasteiger charge is 2.36. The summed E-state index contributed by atoms with van der Waals surface area (Å²) in [7, 11) is 0. The Morgan fingerprint density at radius 1 is 1.05 bits per heavy atom. The Balaban J connectivity index is 1.32. The first-order valence-corrected chi connectivity index (χ1v) is 12.7. The molecule has 6 rings (SSSR count). The molecule has 1 atom stereocenters. The van der Waals surface area contributed by atoms with E-state index in [0.717, 1.165) is 38.1 Å². The second-order valence-corrected chi connectivity index (χ2v) is 9.99. The van der Waals surface area contributed by atoms with Gasteiger partial charge in [-0.15, -0.1) is 0 Å². The Kier molecular flexibility index (Phi) is 6.10. The number of fused-ring (bicyclic) bond motifs is 1. The van der Waals surface area contributed by atoms with E-state index in [0.29, 0.717) is 25.1 Å². The first kappa shape index (κ1) is 23.6. The van der Waals surface area contributed by atoms with Crippen molar-refractivity contribution in [2.75, 3.05) is 18.5 Å².